The van der Waals surface area contributed by atoms with Gasteiger partial charge in [-0.25, -0.2) is 0 Å². The van der Waals surface area contributed by atoms with E-state index in [0.717, 1.165) is 0 Å². The molecule has 4 nitrogen and oxygen atoms in total. The molecule has 5 heteroatoms. The molecule has 70 valence electrons. The molecule has 0 aromatic carbocycles. The minimum Gasteiger partial charge on any atom is -0.311 e. The van der Waals surface area contributed by atoms with E-state index >= 15 is 0 Å². The minimum atomic E-state index is -0.261. The number of nitrogens with zero attached hydrogens (tertiary/aromatic N) is 3. The van der Waals surface area contributed by atoms with Crippen molar-refractivity contribution in [2.45, 2.75) is 0 Å². The molecule has 1 aromatic rings. The molecule has 0 N–H and O–H groups in total. The van der Waals surface area contributed by atoms with Crippen LogP contribution in [0.1, 0.15) is 9.67 Å². The fourth-order valence-electron chi connectivity index (χ4n) is 0.926. The van der Waals surface area contributed by atoms with E-state index in [9.17, 15) is 4.79 Å². The highest BCUT2D eigenvalue weighted by atomic mass is 32.1. The van der Waals surface area contributed by atoms with Crippen LogP contribution >= 0.6 is 11.3 Å². The molecule has 1 heterocycles. The molecule has 1 aromatic heterocycles. The van der Waals surface area contributed by atoms with Gasteiger partial charge in [0.2, 0.25) is 0 Å². The van der Waals surface area contributed by atoms with Crippen LogP contribution in [-0.4, -0.2) is 23.9 Å². The van der Waals surface area contributed by atoms with Crippen LogP contribution in [0.5, 0.6) is 0 Å². The van der Waals surface area contributed by atoms with Gasteiger partial charge in [-0.2, -0.15) is 10.5 Å². The van der Waals surface area contributed by atoms with Crippen LogP contribution in [0.3, 0.4) is 0 Å². The third-order valence-corrected chi connectivity index (χ3v) is 2.40. The number of carbonyl (C=O) groups excluding carboxylic acids is 1. The molecule has 0 atom stereocenters. The standard InChI is InChI=1S/C9H7N3OS/c10-3-5-12(6-4-11)9(13)8-2-1-7-14-8/h1-2,7H,5-6H2. The summed E-state index contributed by atoms with van der Waals surface area (Å²) >= 11 is 1.30. The number of hydrogen-bond acceptors (Lipinski definition) is 4. The van der Waals surface area contributed by atoms with Gasteiger partial charge in [0.25, 0.3) is 5.91 Å². The minimum absolute atomic E-state index is 0.0513. The summed E-state index contributed by atoms with van der Waals surface area (Å²) in [6.07, 6.45) is 0. The van der Waals surface area contributed by atoms with Crippen molar-refractivity contribution in [1.82, 2.24) is 4.90 Å². The quantitative estimate of drug-likeness (QED) is 0.697. The molecule has 0 spiro atoms. The average molecular weight is 205 g/mol. The predicted molar refractivity (Wildman–Crippen MR) is 51.4 cm³/mol. The molecule has 1 rings (SSSR count). The van der Waals surface area contributed by atoms with Gasteiger partial charge in [-0.1, -0.05) is 6.07 Å². The second kappa shape index (κ2) is 5.00. The largest absolute Gasteiger partial charge is 0.311 e. The van der Waals surface area contributed by atoms with E-state index in [4.69, 9.17) is 10.5 Å². The molecule has 0 saturated heterocycles. The monoisotopic (exact) mass is 205 g/mol. The number of hydrogen-bond donors (Lipinski definition) is 0. The van der Waals surface area contributed by atoms with E-state index in [-0.39, 0.29) is 19.0 Å². The maximum absolute atomic E-state index is 11.6. The Morgan fingerprint density at radius 2 is 2.07 bits per heavy atom. The highest BCUT2D eigenvalue weighted by Crippen LogP contribution is 2.11. The van der Waals surface area contributed by atoms with Crippen LogP contribution in [0, 0.1) is 22.7 Å². The van der Waals surface area contributed by atoms with Crippen molar-refractivity contribution in [2.24, 2.45) is 0 Å². The highest BCUT2D eigenvalue weighted by molar-refractivity contribution is 7.12. The van der Waals surface area contributed by atoms with Gasteiger partial charge in [-0.3, -0.25) is 4.79 Å². The number of thiophene rings is 1. The van der Waals surface area contributed by atoms with Crippen molar-refractivity contribution in [3.05, 3.63) is 22.4 Å². The van der Waals surface area contributed by atoms with Crippen molar-refractivity contribution in [2.75, 3.05) is 13.1 Å². The van der Waals surface area contributed by atoms with Crippen molar-refractivity contribution in [3.8, 4) is 12.1 Å². The zero-order valence-electron chi connectivity index (χ0n) is 7.30. The fourth-order valence-corrected chi connectivity index (χ4v) is 1.62. The van der Waals surface area contributed by atoms with Crippen molar-refractivity contribution in [1.29, 1.82) is 10.5 Å². The maximum atomic E-state index is 11.6. The lowest BCUT2D eigenvalue weighted by molar-refractivity contribution is 0.0799. The average Bonchev–Trinajstić information content (AvgIpc) is 2.69. The van der Waals surface area contributed by atoms with Gasteiger partial charge < -0.3 is 4.90 Å². The van der Waals surface area contributed by atoms with E-state index in [0.29, 0.717) is 4.88 Å². The van der Waals surface area contributed by atoms with Crippen molar-refractivity contribution >= 4 is 17.2 Å². The zero-order valence-corrected chi connectivity index (χ0v) is 8.12. The Morgan fingerprint density at radius 3 is 2.50 bits per heavy atom. The summed E-state index contributed by atoms with van der Waals surface area (Å²) < 4.78 is 0. The van der Waals surface area contributed by atoms with Crippen LogP contribution < -0.4 is 0 Å². The van der Waals surface area contributed by atoms with Crippen molar-refractivity contribution in [3.63, 3.8) is 0 Å². The first-order valence-corrected chi connectivity index (χ1v) is 4.74. The summed E-state index contributed by atoms with van der Waals surface area (Å²) in [6, 6.07) is 7.14. The van der Waals surface area contributed by atoms with E-state index in [1.54, 1.807) is 17.5 Å². The third kappa shape index (κ3) is 2.32. The molecule has 0 saturated carbocycles. The first-order chi connectivity index (χ1) is 6.79. The molecular formula is C9H7N3OS. The Balaban J connectivity index is 2.76. The van der Waals surface area contributed by atoms with Crippen LogP contribution in [0.2, 0.25) is 0 Å². The molecule has 0 aliphatic rings. The van der Waals surface area contributed by atoms with E-state index in [1.165, 1.54) is 16.2 Å². The molecule has 0 radical (unpaired) electrons. The molecule has 0 fully saturated rings. The van der Waals surface area contributed by atoms with Crippen LogP contribution in [0.25, 0.3) is 0 Å². The Bertz CT molecular complexity index is 369. The Morgan fingerprint density at radius 1 is 1.43 bits per heavy atom. The Labute approximate surface area is 85.6 Å². The zero-order chi connectivity index (χ0) is 10.4. The van der Waals surface area contributed by atoms with Gasteiger partial charge in [-0.15, -0.1) is 11.3 Å². The number of amides is 1. The highest BCUT2D eigenvalue weighted by Gasteiger charge is 2.15. The van der Waals surface area contributed by atoms with Gasteiger partial charge in [0.1, 0.15) is 13.1 Å². The second-order valence-electron chi connectivity index (χ2n) is 2.45. The maximum Gasteiger partial charge on any atom is 0.265 e. The lowest BCUT2D eigenvalue weighted by Gasteiger charge is -2.13. The third-order valence-electron chi connectivity index (χ3n) is 1.54. The lowest BCUT2D eigenvalue weighted by Crippen LogP contribution is -2.31. The Hall–Kier alpha value is -1.85. The van der Waals surface area contributed by atoms with Gasteiger partial charge >= 0.3 is 0 Å². The first-order valence-electron chi connectivity index (χ1n) is 3.86. The summed E-state index contributed by atoms with van der Waals surface area (Å²) in [5.41, 5.74) is 0. The van der Waals surface area contributed by atoms with Crippen LogP contribution in [-0.2, 0) is 0 Å². The Kier molecular flexibility index (Phi) is 3.66. The second-order valence-corrected chi connectivity index (χ2v) is 3.40. The summed E-state index contributed by atoms with van der Waals surface area (Å²) in [5, 5.41) is 18.7. The smallest absolute Gasteiger partial charge is 0.265 e. The molecule has 0 aliphatic heterocycles. The topological polar surface area (TPSA) is 67.9 Å². The number of nitriles is 2. The SMILES string of the molecule is N#CCN(CC#N)C(=O)c1cccs1. The number of carbonyl (C=O) groups is 1. The van der Waals surface area contributed by atoms with Gasteiger partial charge in [0.15, 0.2) is 0 Å². The molecule has 1 amide bonds. The fraction of sp³-hybridized carbons (Fsp3) is 0.222. The van der Waals surface area contributed by atoms with E-state index < -0.39 is 0 Å². The van der Waals surface area contributed by atoms with Gasteiger partial charge in [0, 0.05) is 0 Å². The van der Waals surface area contributed by atoms with E-state index in [2.05, 4.69) is 0 Å². The van der Waals surface area contributed by atoms with Crippen LogP contribution in [0.4, 0.5) is 0 Å². The van der Waals surface area contributed by atoms with Crippen molar-refractivity contribution < 1.29 is 4.79 Å². The van der Waals surface area contributed by atoms with Crippen LogP contribution in [0.15, 0.2) is 17.5 Å². The van der Waals surface area contributed by atoms with E-state index in [1.807, 2.05) is 12.1 Å². The predicted octanol–water partition coefficient (Wildman–Crippen LogP) is 1.24. The molecule has 0 aliphatic carbocycles. The summed E-state index contributed by atoms with van der Waals surface area (Å²) in [6.45, 7) is -0.103. The molecule has 0 unspecified atom stereocenters. The summed E-state index contributed by atoms with van der Waals surface area (Å²) in [4.78, 5) is 13.4. The summed E-state index contributed by atoms with van der Waals surface area (Å²) in [7, 11) is 0. The normalized spacial score (nSPS) is 8.71. The van der Waals surface area contributed by atoms with Gasteiger partial charge in [0.05, 0.1) is 17.0 Å². The lowest BCUT2D eigenvalue weighted by atomic mass is 10.4. The summed E-state index contributed by atoms with van der Waals surface area (Å²) in [5.74, 6) is -0.261. The first kappa shape index (κ1) is 10.2. The molecular weight excluding hydrogens is 198 g/mol. The van der Waals surface area contributed by atoms with Gasteiger partial charge in [-0.05, 0) is 11.4 Å². The number of rotatable bonds is 3. The molecule has 0 bridgehead atoms. The molecule has 14 heavy (non-hydrogen) atoms.